The maximum absolute atomic E-state index is 12.8. The quantitative estimate of drug-likeness (QED) is 0.613. The number of aliphatic hydroxyl groups is 1. The highest BCUT2D eigenvalue weighted by Crippen LogP contribution is 2.42. The predicted molar refractivity (Wildman–Crippen MR) is 85.9 cm³/mol. The van der Waals surface area contributed by atoms with Gasteiger partial charge in [-0.25, -0.2) is 0 Å². The highest BCUT2D eigenvalue weighted by atomic mass is 16.5. The SMILES string of the molecule is CCOC[C@H](O)CN1CCN(C(=O)C2(C(=O)NC)CCC2)CC1. The fraction of sp³-hybridized carbons (Fsp3) is 0.875. The van der Waals surface area contributed by atoms with Gasteiger partial charge in [-0.1, -0.05) is 6.42 Å². The van der Waals surface area contributed by atoms with Crippen LogP contribution in [0.25, 0.3) is 0 Å². The minimum atomic E-state index is -0.828. The number of hydrogen-bond donors (Lipinski definition) is 2. The molecule has 0 aromatic rings. The van der Waals surface area contributed by atoms with Crippen LogP contribution in [-0.4, -0.2) is 85.8 Å². The monoisotopic (exact) mass is 327 g/mol. The summed E-state index contributed by atoms with van der Waals surface area (Å²) in [5.74, 6) is -0.180. The number of nitrogens with one attached hydrogen (secondary N) is 1. The van der Waals surface area contributed by atoms with E-state index in [1.54, 1.807) is 11.9 Å². The predicted octanol–water partition coefficient (Wildman–Crippen LogP) is -0.556. The van der Waals surface area contributed by atoms with Gasteiger partial charge in [-0.15, -0.1) is 0 Å². The molecular formula is C16H29N3O4. The second-order valence-electron chi connectivity index (χ2n) is 6.42. The number of amides is 2. The maximum Gasteiger partial charge on any atom is 0.238 e. The van der Waals surface area contributed by atoms with Gasteiger partial charge in [0.2, 0.25) is 11.8 Å². The number of ether oxygens (including phenoxy) is 1. The van der Waals surface area contributed by atoms with Gasteiger partial charge in [-0.2, -0.15) is 0 Å². The molecule has 2 aliphatic rings. The molecule has 23 heavy (non-hydrogen) atoms. The Morgan fingerprint density at radius 1 is 1.26 bits per heavy atom. The van der Waals surface area contributed by atoms with E-state index in [1.165, 1.54) is 0 Å². The van der Waals surface area contributed by atoms with Crippen LogP contribution >= 0.6 is 0 Å². The van der Waals surface area contributed by atoms with Crippen molar-refractivity contribution in [3.05, 3.63) is 0 Å². The van der Waals surface area contributed by atoms with Crippen molar-refractivity contribution in [3.63, 3.8) is 0 Å². The summed E-state index contributed by atoms with van der Waals surface area (Å²) in [6.07, 6.45) is 1.74. The fourth-order valence-corrected chi connectivity index (χ4v) is 3.35. The van der Waals surface area contributed by atoms with Crippen molar-refractivity contribution < 1.29 is 19.4 Å². The van der Waals surface area contributed by atoms with Crippen molar-refractivity contribution in [2.24, 2.45) is 5.41 Å². The third-order valence-corrected chi connectivity index (χ3v) is 4.92. The van der Waals surface area contributed by atoms with Gasteiger partial charge in [-0.3, -0.25) is 14.5 Å². The Morgan fingerprint density at radius 2 is 1.91 bits per heavy atom. The van der Waals surface area contributed by atoms with Gasteiger partial charge in [-0.05, 0) is 19.8 Å². The van der Waals surface area contributed by atoms with Crippen molar-refractivity contribution in [1.29, 1.82) is 0 Å². The molecule has 1 saturated carbocycles. The number of piperazine rings is 1. The summed E-state index contributed by atoms with van der Waals surface area (Å²) in [7, 11) is 1.59. The molecule has 0 spiro atoms. The van der Waals surface area contributed by atoms with Crippen LogP contribution < -0.4 is 5.32 Å². The van der Waals surface area contributed by atoms with Gasteiger partial charge in [0.05, 0.1) is 12.7 Å². The largest absolute Gasteiger partial charge is 0.389 e. The molecule has 2 amide bonds. The molecule has 1 aliphatic heterocycles. The highest BCUT2D eigenvalue weighted by molar-refractivity contribution is 6.05. The zero-order valence-electron chi connectivity index (χ0n) is 14.2. The molecule has 7 heteroatoms. The third-order valence-electron chi connectivity index (χ3n) is 4.92. The van der Waals surface area contributed by atoms with Gasteiger partial charge in [0.1, 0.15) is 5.41 Å². The lowest BCUT2D eigenvalue weighted by Gasteiger charge is -2.44. The number of carbonyl (C=O) groups is 2. The van der Waals surface area contributed by atoms with Crippen molar-refractivity contribution >= 4 is 11.8 Å². The molecule has 0 bridgehead atoms. The summed E-state index contributed by atoms with van der Waals surface area (Å²) in [5, 5.41) is 12.5. The first kappa shape index (κ1) is 18.2. The Bertz CT molecular complexity index is 418. The topological polar surface area (TPSA) is 82.1 Å². The van der Waals surface area contributed by atoms with Gasteiger partial charge in [0.25, 0.3) is 0 Å². The van der Waals surface area contributed by atoms with Crippen molar-refractivity contribution in [3.8, 4) is 0 Å². The summed E-state index contributed by atoms with van der Waals surface area (Å²) in [6, 6.07) is 0. The summed E-state index contributed by atoms with van der Waals surface area (Å²) in [6.45, 7) is 6.06. The Morgan fingerprint density at radius 3 is 2.39 bits per heavy atom. The zero-order chi connectivity index (χ0) is 16.9. The molecule has 2 N–H and O–H groups in total. The number of aliphatic hydroxyl groups excluding tert-OH is 1. The van der Waals surface area contributed by atoms with Crippen LogP contribution in [0.5, 0.6) is 0 Å². The molecule has 0 aromatic heterocycles. The number of carbonyl (C=O) groups excluding carboxylic acids is 2. The smallest absolute Gasteiger partial charge is 0.238 e. The Kier molecular flexibility index (Phi) is 6.38. The minimum Gasteiger partial charge on any atom is -0.389 e. The number of nitrogens with zero attached hydrogens (tertiary/aromatic N) is 2. The van der Waals surface area contributed by atoms with E-state index in [2.05, 4.69) is 10.2 Å². The maximum atomic E-state index is 12.8. The van der Waals surface area contributed by atoms with Crippen molar-refractivity contribution in [1.82, 2.24) is 15.1 Å². The van der Waals surface area contributed by atoms with E-state index in [-0.39, 0.29) is 11.8 Å². The molecule has 1 heterocycles. The van der Waals surface area contributed by atoms with Crippen LogP contribution in [0.2, 0.25) is 0 Å². The average molecular weight is 327 g/mol. The highest BCUT2D eigenvalue weighted by Gasteiger charge is 2.52. The Labute approximate surface area is 138 Å². The normalized spacial score (nSPS) is 22.3. The number of rotatable bonds is 7. The van der Waals surface area contributed by atoms with Crippen LogP contribution in [0, 0.1) is 5.41 Å². The van der Waals surface area contributed by atoms with E-state index in [0.717, 1.165) is 19.5 Å². The number of hydrogen-bond acceptors (Lipinski definition) is 5. The molecule has 132 valence electrons. The van der Waals surface area contributed by atoms with E-state index in [4.69, 9.17) is 4.74 Å². The number of β-amino-alcohol motifs (C(OH)–C–C–N with tert-alkyl or cyclic N) is 1. The Balaban J connectivity index is 1.82. The molecule has 7 nitrogen and oxygen atoms in total. The summed E-state index contributed by atoms with van der Waals surface area (Å²) in [5.41, 5.74) is -0.828. The van der Waals surface area contributed by atoms with Crippen LogP contribution in [0.4, 0.5) is 0 Å². The van der Waals surface area contributed by atoms with Gasteiger partial charge < -0.3 is 20.1 Å². The zero-order valence-corrected chi connectivity index (χ0v) is 14.2. The molecule has 0 unspecified atom stereocenters. The van der Waals surface area contributed by atoms with Gasteiger partial charge in [0.15, 0.2) is 0 Å². The minimum absolute atomic E-state index is 0.0300. The lowest BCUT2D eigenvalue weighted by molar-refractivity contribution is -0.158. The lowest BCUT2D eigenvalue weighted by Crippen LogP contribution is -2.59. The van der Waals surface area contributed by atoms with E-state index >= 15 is 0 Å². The summed E-state index contributed by atoms with van der Waals surface area (Å²) in [4.78, 5) is 28.8. The lowest BCUT2D eigenvalue weighted by atomic mass is 9.67. The molecule has 0 radical (unpaired) electrons. The average Bonchev–Trinajstić information content (AvgIpc) is 2.52. The molecule has 2 rings (SSSR count). The van der Waals surface area contributed by atoms with Crippen LogP contribution in [0.3, 0.4) is 0 Å². The van der Waals surface area contributed by atoms with Crippen molar-refractivity contribution in [2.75, 3.05) is 53.0 Å². The van der Waals surface area contributed by atoms with Crippen molar-refractivity contribution in [2.45, 2.75) is 32.3 Å². The van der Waals surface area contributed by atoms with E-state index in [1.807, 2.05) is 6.92 Å². The Hall–Kier alpha value is -1.18. The second-order valence-corrected chi connectivity index (χ2v) is 6.42. The standard InChI is InChI=1S/C16H29N3O4/c1-3-23-12-13(20)11-18-7-9-19(10-8-18)15(22)16(5-4-6-16)14(21)17-2/h13,20H,3-12H2,1-2H3,(H,17,21)/t13-/m1/s1. The van der Waals surface area contributed by atoms with E-state index in [9.17, 15) is 14.7 Å². The van der Waals surface area contributed by atoms with E-state index in [0.29, 0.717) is 45.7 Å². The van der Waals surface area contributed by atoms with Crippen LogP contribution in [0.15, 0.2) is 0 Å². The fourth-order valence-electron chi connectivity index (χ4n) is 3.35. The van der Waals surface area contributed by atoms with Gasteiger partial charge in [0, 0.05) is 46.4 Å². The molecular weight excluding hydrogens is 298 g/mol. The molecule has 1 saturated heterocycles. The van der Waals surface area contributed by atoms with Crippen LogP contribution in [-0.2, 0) is 14.3 Å². The molecule has 0 aromatic carbocycles. The first-order valence-electron chi connectivity index (χ1n) is 8.53. The van der Waals surface area contributed by atoms with Crippen LogP contribution in [0.1, 0.15) is 26.2 Å². The first-order chi connectivity index (χ1) is 11.0. The second kappa shape index (κ2) is 8.08. The molecule has 1 atom stereocenters. The van der Waals surface area contributed by atoms with E-state index < -0.39 is 11.5 Å². The first-order valence-corrected chi connectivity index (χ1v) is 8.53. The summed E-state index contributed by atoms with van der Waals surface area (Å²) >= 11 is 0. The third kappa shape index (κ3) is 4.02. The molecule has 2 fully saturated rings. The summed E-state index contributed by atoms with van der Waals surface area (Å²) < 4.78 is 5.22. The molecule has 1 aliphatic carbocycles. The van der Waals surface area contributed by atoms with Gasteiger partial charge >= 0.3 is 0 Å².